The number of carbonyl (C=O) groups is 1. The number of benzene rings is 1. The highest BCUT2D eigenvalue weighted by Gasteiger charge is 2.28. The van der Waals surface area contributed by atoms with Gasteiger partial charge in [-0.05, 0) is 38.3 Å². The largest absolute Gasteiger partial charge is 0.508 e. The van der Waals surface area contributed by atoms with E-state index >= 15 is 0 Å². The molecule has 4 heteroatoms. The fourth-order valence-corrected chi connectivity index (χ4v) is 2.22. The number of esters is 1. The Morgan fingerprint density at radius 2 is 2.06 bits per heavy atom. The summed E-state index contributed by atoms with van der Waals surface area (Å²) < 4.78 is 5.31. The molecule has 2 rings (SSSR count). The topological polar surface area (TPSA) is 66.8 Å². The maximum atomic E-state index is 11.6. The Morgan fingerprint density at radius 3 is 2.72 bits per heavy atom. The fourth-order valence-electron chi connectivity index (χ4n) is 2.22. The first kappa shape index (κ1) is 12.5. The van der Waals surface area contributed by atoms with E-state index in [9.17, 15) is 15.0 Å². The third-order valence-corrected chi connectivity index (χ3v) is 3.12. The zero-order valence-corrected chi connectivity index (χ0v) is 10.3. The molecule has 0 heterocycles. The maximum absolute atomic E-state index is 11.6. The van der Waals surface area contributed by atoms with Crippen molar-refractivity contribution in [2.45, 2.75) is 32.3 Å². The van der Waals surface area contributed by atoms with Gasteiger partial charge in [0.25, 0.3) is 0 Å². The predicted molar refractivity (Wildman–Crippen MR) is 66.4 cm³/mol. The normalized spacial score (nSPS) is 17.9. The number of hydrogen-bond acceptors (Lipinski definition) is 4. The van der Waals surface area contributed by atoms with Crippen LogP contribution in [0.25, 0.3) is 0 Å². The van der Waals surface area contributed by atoms with Crippen LogP contribution in [0, 0.1) is 0 Å². The van der Waals surface area contributed by atoms with E-state index in [2.05, 4.69) is 6.58 Å². The Bertz CT molecular complexity index is 505. The van der Waals surface area contributed by atoms with Gasteiger partial charge in [-0.25, -0.2) is 4.79 Å². The molecule has 0 saturated heterocycles. The molecular weight excluding hydrogens is 232 g/mol. The lowest BCUT2D eigenvalue weighted by atomic mass is 9.88. The van der Waals surface area contributed by atoms with Gasteiger partial charge in [0.1, 0.15) is 17.6 Å². The molecule has 1 aliphatic carbocycles. The average molecular weight is 248 g/mol. The SMILES string of the molecule is C=C(C)C(=O)OC1CCCc2c(O)ccc(O)c21. The summed E-state index contributed by atoms with van der Waals surface area (Å²) in [5.41, 5.74) is 1.51. The van der Waals surface area contributed by atoms with E-state index in [1.807, 2.05) is 0 Å². The molecule has 0 saturated carbocycles. The molecule has 4 nitrogen and oxygen atoms in total. The van der Waals surface area contributed by atoms with Gasteiger partial charge in [-0.3, -0.25) is 0 Å². The van der Waals surface area contributed by atoms with Gasteiger partial charge < -0.3 is 14.9 Å². The number of phenols is 2. The molecule has 0 amide bonds. The smallest absolute Gasteiger partial charge is 0.333 e. The van der Waals surface area contributed by atoms with Gasteiger partial charge in [-0.1, -0.05) is 6.58 Å². The van der Waals surface area contributed by atoms with E-state index < -0.39 is 12.1 Å². The molecule has 2 N–H and O–H groups in total. The van der Waals surface area contributed by atoms with Crippen LogP contribution in [0.5, 0.6) is 11.5 Å². The first-order valence-electron chi connectivity index (χ1n) is 5.91. The zero-order chi connectivity index (χ0) is 13.3. The van der Waals surface area contributed by atoms with Crippen molar-refractivity contribution in [1.82, 2.24) is 0 Å². The quantitative estimate of drug-likeness (QED) is 0.479. The average Bonchev–Trinajstić information content (AvgIpc) is 2.34. The first-order valence-corrected chi connectivity index (χ1v) is 5.91. The second-order valence-corrected chi connectivity index (χ2v) is 4.56. The van der Waals surface area contributed by atoms with Crippen molar-refractivity contribution < 1.29 is 19.7 Å². The lowest BCUT2D eigenvalue weighted by molar-refractivity contribution is -0.145. The predicted octanol–water partition coefficient (Wildman–Crippen LogP) is 2.59. The van der Waals surface area contributed by atoms with Gasteiger partial charge in [-0.15, -0.1) is 0 Å². The van der Waals surface area contributed by atoms with E-state index in [1.54, 1.807) is 6.92 Å². The van der Waals surface area contributed by atoms with Gasteiger partial charge in [0, 0.05) is 16.7 Å². The minimum Gasteiger partial charge on any atom is -0.508 e. The van der Waals surface area contributed by atoms with Crippen molar-refractivity contribution in [2.24, 2.45) is 0 Å². The summed E-state index contributed by atoms with van der Waals surface area (Å²) in [7, 11) is 0. The number of fused-ring (bicyclic) bond motifs is 1. The van der Waals surface area contributed by atoms with Crippen LogP contribution in [-0.4, -0.2) is 16.2 Å². The van der Waals surface area contributed by atoms with Crippen LogP contribution in [0.15, 0.2) is 24.3 Å². The van der Waals surface area contributed by atoms with Gasteiger partial charge in [-0.2, -0.15) is 0 Å². The Balaban J connectivity index is 2.36. The van der Waals surface area contributed by atoms with Gasteiger partial charge in [0.15, 0.2) is 0 Å². The van der Waals surface area contributed by atoms with E-state index in [-0.39, 0.29) is 11.5 Å². The molecule has 1 aliphatic rings. The third-order valence-electron chi connectivity index (χ3n) is 3.12. The standard InChI is InChI=1S/C14H16O4/c1-8(2)14(17)18-12-5-3-4-9-10(15)6-7-11(16)13(9)12/h6-7,12,15-16H,1,3-5H2,2H3. The Labute approximate surface area is 106 Å². The van der Waals surface area contributed by atoms with E-state index in [0.717, 1.165) is 6.42 Å². The molecule has 0 aromatic heterocycles. The Hall–Kier alpha value is -1.97. The molecule has 1 aromatic carbocycles. The Morgan fingerprint density at radius 1 is 1.39 bits per heavy atom. The van der Waals surface area contributed by atoms with Crippen LogP contribution in [0.4, 0.5) is 0 Å². The van der Waals surface area contributed by atoms with Crippen molar-refractivity contribution in [3.05, 3.63) is 35.4 Å². The number of ether oxygens (including phenoxy) is 1. The number of hydrogen-bond donors (Lipinski definition) is 2. The molecule has 0 spiro atoms. The third kappa shape index (κ3) is 2.18. The number of aromatic hydroxyl groups is 2. The monoisotopic (exact) mass is 248 g/mol. The summed E-state index contributed by atoms with van der Waals surface area (Å²) in [6.45, 7) is 5.11. The lowest BCUT2D eigenvalue weighted by Gasteiger charge is -2.26. The minimum absolute atomic E-state index is 0.0574. The molecule has 1 unspecified atom stereocenters. The van der Waals surface area contributed by atoms with Crippen molar-refractivity contribution in [1.29, 1.82) is 0 Å². The molecule has 0 radical (unpaired) electrons. The number of rotatable bonds is 2. The van der Waals surface area contributed by atoms with Crippen molar-refractivity contribution in [3.63, 3.8) is 0 Å². The first-order chi connectivity index (χ1) is 8.50. The van der Waals surface area contributed by atoms with Crippen molar-refractivity contribution in [2.75, 3.05) is 0 Å². The highest BCUT2D eigenvalue weighted by atomic mass is 16.5. The summed E-state index contributed by atoms with van der Waals surface area (Å²) in [5, 5.41) is 19.7. The van der Waals surface area contributed by atoms with Crippen LogP contribution in [-0.2, 0) is 16.0 Å². The molecule has 0 aliphatic heterocycles. The summed E-state index contributed by atoms with van der Waals surface area (Å²) in [5.74, 6) is -0.281. The van der Waals surface area contributed by atoms with E-state index in [0.29, 0.717) is 29.5 Å². The Kier molecular flexibility index (Phi) is 3.28. The molecule has 1 atom stereocenters. The fraction of sp³-hybridized carbons (Fsp3) is 0.357. The summed E-state index contributed by atoms with van der Waals surface area (Å²) in [6.07, 6.45) is 1.61. The van der Waals surface area contributed by atoms with Crippen LogP contribution in [0.1, 0.15) is 37.0 Å². The van der Waals surface area contributed by atoms with E-state index in [1.165, 1.54) is 12.1 Å². The second kappa shape index (κ2) is 4.72. The molecule has 0 fully saturated rings. The zero-order valence-electron chi connectivity index (χ0n) is 10.3. The number of carbonyl (C=O) groups excluding carboxylic acids is 1. The van der Waals surface area contributed by atoms with Gasteiger partial charge >= 0.3 is 5.97 Å². The second-order valence-electron chi connectivity index (χ2n) is 4.56. The van der Waals surface area contributed by atoms with Crippen molar-refractivity contribution in [3.8, 4) is 11.5 Å². The molecule has 96 valence electrons. The summed E-state index contributed by atoms with van der Waals surface area (Å²) in [6, 6.07) is 2.87. The van der Waals surface area contributed by atoms with Gasteiger partial charge in [0.05, 0.1) is 0 Å². The molecule has 0 bridgehead atoms. The van der Waals surface area contributed by atoms with Gasteiger partial charge in [0.2, 0.25) is 0 Å². The lowest BCUT2D eigenvalue weighted by Crippen LogP contribution is -2.17. The molecule has 18 heavy (non-hydrogen) atoms. The molecular formula is C14H16O4. The molecule has 1 aromatic rings. The minimum atomic E-state index is -0.509. The summed E-state index contributed by atoms with van der Waals surface area (Å²) >= 11 is 0. The highest BCUT2D eigenvalue weighted by Crippen LogP contribution is 2.42. The van der Waals surface area contributed by atoms with Crippen LogP contribution >= 0.6 is 0 Å². The highest BCUT2D eigenvalue weighted by molar-refractivity contribution is 5.87. The van der Waals surface area contributed by atoms with Crippen LogP contribution < -0.4 is 0 Å². The number of phenolic OH excluding ortho intramolecular Hbond substituents is 2. The van der Waals surface area contributed by atoms with Crippen molar-refractivity contribution >= 4 is 5.97 Å². The van der Waals surface area contributed by atoms with Crippen LogP contribution in [0.3, 0.4) is 0 Å². The maximum Gasteiger partial charge on any atom is 0.333 e. The van der Waals surface area contributed by atoms with Crippen LogP contribution in [0.2, 0.25) is 0 Å². The van der Waals surface area contributed by atoms with E-state index in [4.69, 9.17) is 4.74 Å². The summed E-state index contributed by atoms with van der Waals surface area (Å²) in [4.78, 5) is 11.6.